The number of aryl methyl sites for hydroxylation is 2. The van der Waals surface area contributed by atoms with E-state index in [0.29, 0.717) is 23.6 Å². The van der Waals surface area contributed by atoms with Gasteiger partial charge in [0.2, 0.25) is 0 Å². The van der Waals surface area contributed by atoms with Gasteiger partial charge in [0, 0.05) is 11.8 Å². The molecule has 6 heteroatoms. The predicted octanol–water partition coefficient (Wildman–Crippen LogP) is 2.26. The highest BCUT2D eigenvalue weighted by atomic mass is 32.1. The van der Waals surface area contributed by atoms with E-state index in [1.54, 1.807) is 10.6 Å². The summed E-state index contributed by atoms with van der Waals surface area (Å²) in [6, 6.07) is 12.2. The predicted molar refractivity (Wildman–Crippen MR) is 99.5 cm³/mol. The van der Waals surface area contributed by atoms with Gasteiger partial charge < -0.3 is 9.32 Å². The molecule has 128 valence electrons. The average Bonchev–Trinajstić information content (AvgIpc) is 3.18. The van der Waals surface area contributed by atoms with Gasteiger partial charge in [-0.15, -0.1) is 0 Å². The van der Waals surface area contributed by atoms with Crippen LogP contribution in [0.25, 0.3) is 6.08 Å². The minimum atomic E-state index is -0.0207. The van der Waals surface area contributed by atoms with E-state index >= 15 is 0 Å². The molecule has 3 heterocycles. The Balaban J connectivity index is 1.67. The van der Waals surface area contributed by atoms with Gasteiger partial charge in [0.1, 0.15) is 24.9 Å². The van der Waals surface area contributed by atoms with Crippen LogP contribution >= 0.6 is 11.3 Å². The van der Waals surface area contributed by atoms with Gasteiger partial charge in [-0.05, 0) is 43.2 Å². The van der Waals surface area contributed by atoms with Gasteiger partial charge in [-0.2, -0.15) is 0 Å². The van der Waals surface area contributed by atoms with Crippen LogP contribution in [0.5, 0.6) is 0 Å². The second-order valence-corrected chi connectivity index (χ2v) is 7.08. The molecule has 0 amide bonds. The zero-order valence-corrected chi connectivity index (χ0v) is 15.0. The molecule has 0 saturated carbocycles. The lowest BCUT2D eigenvalue weighted by Gasteiger charge is -2.25. The Bertz CT molecular complexity index is 1070. The molecular formula is C19H19N3O2S. The minimum Gasteiger partial charge on any atom is -0.462 e. The van der Waals surface area contributed by atoms with Crippen molar-refractivity contribution in [3.63, 3.8) is 0 Å². The Kier molecular flexibility index (Phi) is 4.05. The van der Waals surface area contributed by atoms with Crippen molar-refractivity contribution in [2.45, 2.75) is 26.9 Å². The summed E-state index contributed by atoms with van der Waals surface area (Å²) < 4.78 is 7.92. The quantitative estimate of drug-likeness (QED) is 0.726. The van der Waals surface area contributed by atoms with Crippen molar-refractivity contribution in [3.05, 3.63) is 73.2 Å². The van der Waals surface area contributed by atoms with Crippen molar-refractivity contribution in [1.29, 1.82) is 0 Å². The molecule has 0 saturated heterocycles. The fourth-order valence-electron chi connectivity index (χ4n) is 2.88. The van der Waals surface area contributed by atoms with Crippen molar-refractivity contribution >= 4 is 23.1 Å². The van der Waals surface area contributed by atoms with Crippen LogP contribution in [0.2, 0.25) is 0 Å². The van der Waals surface area contributed by atoms with Gasteiger partial charge in [0.05, 0.1) is 4.53 Å². The maximum atomic E-state index is 12.7. The number of nitrogens with zero attached hydrogens (tertiary/aromatic N) is 3. The fourth-order valence-corrected chi connectivity index (χ4v) is 3.82. The molecule has 0 aliphatic carbocycles. The first kappa shape index (κ1) is 15.9. The van der Waals surface area contributed by atoms with Crippen molar-refractivity contribution < 1.29 is 4.42 Å². The van der Waals surface area contributed by atoms with Gasteiger partial charge >= 0.3 is 0 Å². The Labute approximate surface area is 149 Å². The summed E-state index contributed by atoms with van der Waals surface area (Å²) in [6.07, 6.45) is 2.81. The zero-order chi connectivity index (χ0) is 17.4. The molecule has 4 rings (SSSR count). The molecule has 1 aliphatic heterocycles. The number of furan rings is 1. The zero-order valence-electron chi connectivity index (χ0n) is 14.2. The molecule has 3 aromatic rings. The molecule has 0 unspecified atom stereocenters. The summed E-state index contributed by atoms with van der Waals surface area (Å²) >= 11 is 1.41. The molecule has 0 fully saturated rings. The number of rotatable bonds is 3. The summed E-state index contributed by atoms with van der Waals surface area (Å²) in [6.45, 7) is 5.11. The first-order valence-electron chi connectivity index (χ1n) is 8.30. The number of hydrogen-bond acceptors (Lipinski definition) is 5. The van der Waals surface area contributed by atoms with Gasteiger partial charge in [-0.3, -0.25) is 9.36 Å². The molecule has 0 N–H and O–H groups in total. The van der Waals surface area contributed by atoms with Gasteiger partial charge in [0.15, 0.2) is 4.80 Å². The summed E-state index contributed by atoms with van der Waals surface area (Å²) in [5.74, 6) is 1.53. The van der Waals surface area contributed by atoms with Crippen LogP contribution in [-0.4, -0.2) is 11.2 Å². The van der Waals surface area contributed by atoms with Crippen molar-refractivity contribution in [1.82, 2.24) is 4.57 Å². The molecule has 0 bridgehead atoms. The standard InChI is InChI=1S/C19H19N3O2S/c1-3-14-5-7-15(8-6-14)21-11-20-19-22(12-21)18(23)17(25-19)10-16-9-4-13(2)24-16/h4-10H,3,11-12H2,1-2H3/b17-10-. The van der Waals surface area contributed by atoms with Crippen LogP contribution in [0.1, 0.15) is 24.0 Å². The minimum absolute atomic E-state index is 0.0207. The lowest BCUT2D eigenvalue weighted by atomic mass is 10.1. The number of thiazole rings is 1. The van der Waals surface area contributed by atoms with Crippen LogP contribution in [0.4, 0.5) is 5.69 Å². The first-order valence-corrected chi connectivity index (χ1v) is 9.12. The van der Waals surface area contributed by atoms with Crippen LogP contribution in [0.3, 0.4) is 0 Å². The van der Waals surface area contributed by atoms with E-state index in [0.717, 1.165) is 22.7 Å². The van der Waals surface area contributed by atoms with E-state index < -0.39 is 0 Å². The lowest BCUT2D eigenvalue weighted by molar-refractivity contribution is 0.524. The first-order chi connectivity index (χ1) is 12.1. The van der Waals surface area contributed by atoms with Crippen LogP contribution in [0.15, 0.2) is 50.6 Å². The topological polar surface area (TPSA) is 50.7 Å². The third-order valence-corrected chi connectivity index (χ3v) is 5.37. The Morgan fingerprint density at radius 2 is 2.04 bits per heavy atom. The number of fused-ring (bicyclic) bond motifs is 1. The van der Waals surface area contributed by atoms with Gasteiger partial charge in [-0.25, -0.2) is 4.99 Å². The lowest BCUT2D eigenvalue weighted by Crippen LogP contribution is -2.42. The van der Waals surface area contributed by atoms with Gasteiger partial charge in [0.25, 0.3) is 5.56 Å². The molecule has 0 atom stereocenters. The third kappa shape index (κ3) is 3.05. The third-order valence-electron chi connectivity index (χ3n) is 4.32. The Morgan fingerprint density at radius 1 is 1.24 bits per heavy atom. The smallest absolute Gasteiger partial charge is 0.271 e. The molecule has 5 nitrogen and oxygen atoms in total. The van der Waals surface area contributed by atoms with Gasteiger partial charge in [-0.1, -0.05) is 30.4 Å². The summed E-state index contributed by atoms with van der Waals surface area (Å²) in [7, 11) is 0. The summed E-state index contributed by atoms with van der Waals surface area (Å²) in [5, 5.41) is 0. The van der Waals surface area contributed by atoms with E-state index in [1.165, 1.54) is 16.9 Å². The SMILES string of the molecule is CCc1ccc(N2CN=c3s/c(=C\c4ccc(C)o4)c(=O)n3C2)cc1. The highest BCUT2D eigenvalue weighted by Crippen LogP contribution is 2.17. The van der Waals surface area contributed by atoms with E-state index in [-0.39, 0.29) is 5.56 Å². The fraction of sp³-hybridized carbons (Fsp3) is 0.263. The maximum Gasteiger partial charge on any atom is 0.271 e. The number of hydrogen-bond donors (Lipinski definition) is 0. The highest BCUT2D eigenvalue weighted by Gasteiger charge is 2.16. The van der Waals surface area contributed by atoms with E-state index in [9.17, 15) is 4.79 Å². The Hall–Kier alpha value is -2.60. The molecule has 0 spiro atoms. The van der Waals surface area contributed by atoms with Crippen molar-refractivity contribution in [2.24, 2.45) is 4.99 Å². The molecule has 2 aromatic heterocycles. The largest absolute Gasteiger partial charge is 0.462 e. The average molecular weight is 353 g/mol. The van der Waals surface area contributed by atoms with Crippen LogP contribution in [-0.2, 0) is 13.1 Å². The molecule has 1 aromatic carbocycles. The van der Waals surface area contributed by atoms with Crippen molar-refractivity contribution in [3.8, 4) is 0 Å². The summed E-state index contributed by atoms with van der Waals surface area (Å²) in [4.78, 5) is 20.2. The molecule has 1 aliphatic rings. The molecule has 0 radical (unpaired) electrons. The maximum absolute atomic E-state index is 12.7. The van der Waals surface area contributed by atoms with E-state index in [2.05, 4.69) is 41.1 Å². The molecular weight excluding hydrogens is 334 g/mol. The highest BCUT2D eigenvalue weighted by molar-refractivity contribution is 7.07. The van der Waals surface area contributed by atoms with E-state index in [1.807, 2.05) is 19.1 Å². The van der Waals surface area contributed by atoms with Crippen LogP contribution in [0, 0.1) is 6.92 Å². The monoisotopic (exact) mass is 353 g/mol. The van der Waals surface area contributed by atoms with E-state index in [4.69, 9.17) is 4.42 Å². The number of aromatic nitrogens is 1. The second kappa shape index (κ2) is 6.37. The van der Waals surface area contributed by atoms with Crippen molar-refractivity contribution in [2.75, 3.05) is 11.6 Å². The summed E-state index contributed by atoms with van der Waals surface area (Å²) in [5.41, 5.74) is 2.36. The number of benzene rings is 1. The molecule has 25 heavy (non-hydrogen) atoms. The number of anilines is 1. The Morgan fingerprint density at radius 3 is 2.72 bits per heavy atom. The normalized spacial score (nSPS) is 14.5. The van der Waals surface area contributed by atoms with Crippen LogP contribution < -0.4 is 19.8 Å². The second-order valence-electron chi connectivity index (χ2n) is 6.08.